The van der Waals surface area contributed by atoms with Crippen molar-refractivity contribution in [2.75, 3.05) is 7.11 Å². The molecule has 0 bridgehead atoms. The Kier molecular flexibility index (Phi) is 6.39. The lowest BCUT2D eigenvalue weighted by Gasteiger charge is -2.10. The lowest BCUT2D eigenvalue weighted by Crippen LogP contribution is -2.18. The maximum atomic E-state index is 11.2. The van der Waals surface area contributed by atoms with Crippen molar-refractivity contribution in [1.29, 1.82) is 0 Å². The topological polar surface area (TPSA) is 89.3 Å². The van der Waals surface area contributed by atoms with Gasteiger partial charge in [-0.05, 0) is 43.2 Å². The van der Waals surface area contributed by atoms with Gasteiger partial charge in [0.1, 0.15) is 11.6 Å². The van der Waals surface area contributed by atoms with Crippen molar-refractivity contribution in [3.8, 4) is 5.75 Å². The number of aryl methyl sites for hydroxylation is 3. The Morgan fingerprint density at radius 2 is 2.00 bits per heavy atom. The number of nitrogens with zero attached hydrogens (tertiary/aromatic N) is 3. The van der Waals surface area contributed by atoms with Crippen LogP contribution in [0.1, 0.15) is 33.1 Å². The molecule has 0 unspecified atom stereocenters. The van der Waals surface area contributed by atoms with Crippen molar-refractivity contribution >= 4 is 5.97 Å². The van der Waals surface area contributed by atoms with Gasteiger partial charge in [0.2, 0.25) is 0 Å². The molecule has 0 aliphatic carbocycles. The number of aromatic carboxylic acids is 1. The fourth-order valence-corrected chi connectivity index (χ4v) is 3.01. The summed E-state index contributed by atoms with van der Waals surface area (Å²) >= 11 is 0. The first-order valence-corrected chi connectivity index (χ1v) is 9.09. The van der Waals surface area contributed by atoms with Crippen molar-refractivity contribution in [3.63, 3.8) is 0 Å². The Labute approximate surface area is 164 Å². The van der Waals surface area contributed by atoms with E-state index in [0.29, 0.717) is 24.5 Å². The number of nitrogens with one attached hydrogen (secondary N) is 1. The second-order valence-electron chi connectivity index (χ2n) is 6.53. The molecule has 0 aliphatic heterocycles. The molecular weight excluding hydrogens is 356 g/mol. The van der Waals surface area contributed by atoms with Gasteiger partial charge >= 0.3 is 5.97 Å². The summed E-state index contributed by atoms with van der Waals surface area (Å²) in [6, 6.07) is 11.2. The molecule has 0 fully saturated rings. The van der Waals surface area contributed by atoms with Gasteiger partial charge in [-0.1, -0.05) is 12.1 Å². The zero-order valence-corrected chi connectivity index (χ0v) is 16.1. The number of methoxy groups -OCH3 is 1. The lowest BCUT2D eigenvalue weighted by molar-refractivity contribution is 0.0696. The van der Waals surface area contributed by atoms with Crippen molar-refractivity contribution in [1.82, 2.24) is 19.9 Å². The molecule has 7 heteroatoms. The number of benzene rings is 1. The Morgan fingerprint density at radius 3 is 2.71 bits per heavy atom. The maximum Gasteiger partial charge on any atom is 0.335 e. The third-order valence-electron chi connectivity index (χ3n) is 4.44. The molecule has 2 aromatic heterocycles. The number of carboxylic acid groups (broad SMARTS) is 1. The molecule has 0 saturated carbocycles. The minimum atomic E-state index is -0.944. The van der Waals surface area contributed by atoms with Crippen molar-refractivity contribution in [2.24, 2.45) is 0 Å². The molecular formula is C21H24N4O3. The standard InChI is InChI=1S/C21H24N4O3/c1-15-11-17(21(26)27)12-18(24-15)13-22-14-20-23-8-10-25(20)9-7-16-3-5-19(28-2)6-4-16/h3-6,8,10-12,22H,7,9,13-14H2,1-2H3,(H,26,27). The van der Waals surface area contributed by atoms with Crippen LogP contribution in [-0.2, 0) is 26.1 Å². The largest absolute Gasteiger partial charge is 0.497 e. The number of pyridine rings is 1. The number of rotatable bonds is 9. The van der Waals surface area contributed by atoms with E-state index in [2.05, 4.69) is 32.0 Å². The molecule has 7 nitrogen and oxygen atoms in total. The summed E-state index contributed by atoms with van der Waals surface area (Å²) < 4.78 is 7.30. The summed E-state index contributed by atoms with van der Waals surface area (Å²) in [6.07, 6.45) is 4.65. The van der Waals surface area contributed by atoms with E-state index in [1.807, 2.05) is 18.3 Å². The van der Waals surface area contributed by atoms with Crippen LogP contribution < -0.4 is 10.1 Å². The van der Waals surface area contributed by atoms with Crippen molar-refractivity contribution < 1.29 is 14.6 Å². The van der Waals surface area contributed by atoms with Gasteiger partial charge in [-0.25, -0.2) is 9.78 Å². The molecule has 0 atom stereocenters. The van der Waals surface area contributed by atoms with E-state index in [-0.39, 0.29) is 5.56 Å². The number of carboxylic acids is 1. The molecule has 3 aromatic rings. The van der Waals surface area contributed by atoms with Crippen LogP contribution in [0.4, 0.5) is 0 Å². The van der Waals surface area contributed by atoms with Crippen LogP contribution in [0.3, 0.4) is 0 Å². The third kappa shape index (κ3) is 5.17. The molecule has 146 valence electrons. The SMILES string of the molecule is COc1ccc(CCn2ccnc2CNCc2cc(C(=O)O)cc(C)n2)cc1. The molecule has 1 aromatic carbocycles. The van der Waals surface area contributed by atoms with Gasteiger partial charge in [0.15, 0.2) is 0 Å². The van der Waals surface area contributed by atoms with Crippen LogP contribution in [-0.4, -0.2) is 32.7 Å². The van der Waals surface area contributed by atoms with E-state index in [4.69, 9.17) is 9.84 Å². The highest BCUT2D eigenvalue weighted by atomic mass is 16.5. The minimum absolute atomic E-state index is 0.255. The molecule has 2 N–H and O–H groups in total. The van der Waals surface area contributed by atoms with Crippen LogP contribution in [0.5, 0.6) is 5.75 Å². The third-order valence-corrected chi connectivity index (χ3v) is 4.44. The summed E-state index contributed by atoms with van der Waals surface area (Å²) in [5, 5.41) is 12.5. The number of imidazole rings is 1. The molecule has 0 aliphatic rings. The van der Waals surface area contributed by atoms with Gasteiger partial charge in [-0.3, -0.25) is 4.98 Å². The van der Waals surface area contributed by atoms with Gasteiger partial charge in [0.25, 0.3) is 0 Å². The predicted molar refractivity (Wildman–Crippen MR) is 105 cm³/mol. The van der Waals surface area contributed by atoms with Crippen LogP contribution in [0.2, 0.25) is 0 Å². The number of hydrogen-bond acceptors (Lipinski definition) is 5. The summed E-state index contributed by atoms with van der Waals surface area (Å²) in [4.78, 5) is 20.0. The van der Waals surface area contributed by atoms with Crippen molar-refractivity contribution in [2.45, 2.75) is 33.0 Å². The fourth-order valence-electron chi connectivity index (χ4n) is 3.01. The highest BCUT2D eigenvalue weighted by Crippen LogP contribution is 2.13. The molecule has 0 radical (unpaired) electrons. The van der Waals surface area contributed by atoms with Gasteiger partial charge in [-0.15, -0.1) is 0 Å². The monoisotopic (exact) mass is 380 g/mol. The second kappa shape index (κ2) is 9.14. The molecule has 0 amide bonds. The van der Waals surface area contributed by atoms with Crippen LogP contribution in [0, 0.1) is 6.92 Å². The van der Waals surface area contributed by atoms with E-state index in [0.717, 1.165) is 24.5 Å². The first-order chi connectivity index (χ1) is 13.5. The minimum Gasteiger partial charge on any atom is -0.497 e. The van der Waals surface area contributed by atoms with E-state index >= 15 is 0 Å². The summed E-state index contributed by atoms with van der Waals surface area (Å²) in [6.45, 7) is 3.68. The smallest absolute Gasteiger partial charge is 0.335 e. The number of aromatic nitrogens is 3. The first-order valence-electron chi connectivity index (χ1n) is 9.09. The van der Waals surface area contributed by atoms with Crippen LogP contribution in [0.15, 0.2) is 48.8 Å². The maximum absolute atomic E-state index is 11.2. The second-order valence-corrected chi connectivity index (χ2v) is 6.53. The number of hydrogen-bond donors (Lipinski definition) is 2. The summed E-state index contributed by atoms with van der Waals surface area (Å²) in [5.74, 6) is 0.840. The molecule has 0 spiro atoms. The average molecular weight is 380 g/mol. The highest BCUT2D eigenvalue weighted by Gasteiger charge is 2.08. The van der Waals surface area contributed by atoms with E-state index in [9.17, 15) is 4.79 Å². The van der Waals surface area contributed by atoms with E-state index < -0.39 is 5.97 Å². The zero-order valence-electron chi connectivity index (χ0n) is 16.1. The first kappa shape index (κ1) is 19.6. The predicted octanol–water partition coefficient (Wildman–Crippen LogP) is 2.83. The Morgan fingerprint density at radius 1 is 1.21 bits per heavy atom. The van der Waals surface area contributed by atoms with E-state index in [1.54, 1.807) is 32.4 Å². The van der Waals surface area contributed by atoms with Gasteiger partial charge in [0, 0.05) is 31.2 Å². The molecule has 0 saturated heterocycles. The Bertz CT molecular complexity index is 935. The van der Waals surface area contributed by atoms with Crippen molar-refractivity contribution in [3.05, 3.63) is 77.1 Å². The number of carbonyl (C=O) groups is 1. The quantitative estimate of drug-likeness (QED) is 0.593. The van der Waals surface area contributed by atoms with Crippen LogP contribution in [0.25, 0.3) is 0 Å². The number of ether oxygens (including phenoxy) is 1. The van der Waals surface area contributed by atoms with Crippen LogP contribution >= 0.6 is 0 Å². The Hall–Kier alpha value is -3.19. The average Bonchev–Trinajstić information content (AvgIpc) is 3.13. The molecule has 3 rings (SSSR count). The fraction of sp³-hybridized carbons (Fsp3) is 0.286. The normalized spacial score (nSPS) is 10.8. The van der Waals surface area contributed by atoms with Gasteiger partial charge < -0.3 is 19.7 Å². The summed E-state index contributed by atoms with van der Waals surface area (Å²) in [7, 11) is 1.66. The van der Waals surface area contributed by atoms with Gasteiger partial charge in [-0.2, -0.15) is 0 Å². The summed E-state index contributed by atoms with van der Waals surface area (Å²) in [5.41, 5.74) is 2.88. The highest BCUT2D eigenvalue weighted by molar-refractivity contribution is 5.87. The van der Waals surface area contributed by atoms with E-state index in [1.165, 1.54) is 5.56 Å². The Balaban J connectivity index is 1.55. The molecule has 28 heavy (non-hydrogen) atoms. The molecule has 2 heterocycles. The zero-order chi connectivity index (χ0) is 19.9. The van der Waals surface area contributed by atoms with Gasteiger partial charge in [0.05, 0.1) is 24.9 Å². The lowest BCUT2D eigenvalue weighted by atomic mass is 10.1.